The number of rotatable bonds is 7. The molecule has 1 aliphatic rings. The maximum Gasteiger partial charge on any atom is 0.387 e. The lowest BCUT2D eigenvalue weighted by atomic mass is 10.1. The molecule has 0 bridgehead atoms. The van der Waals surface area contributed by atoms with Gasteiger partial charge in [0.2, 0.25) is 5.91 Å². The van der Waals surface area contributed by atoms with E-state index in [4.69, 9.17) is 0 Å². The molecule has 2 N–H and O–H groups in total. The first-order valence-electron chi connectivity index (χ1n) is 7.01. The van der Waals surface area contributed by atoms with E-state index in [0.717, 1.165) is 31.5 Å². The van der Waals surface area contributed by atoms with E-state index in [1.807, 2.05) is 0 Å². The van der Waals surface area contributed by atoms with Crippen LogP contribution in [0.5, 0.6) is 11.5 Å². The molecule has 2 rings (SSSR count). The lowest BCUT2D eigenvalue weighted by Gasteiger charge is -2.15. The van der Waals surface area contributed by atoms with Gasteiger partial charge in [0, 0.05) is 18.5 Å². The Balaban J connectivity index is 2.07. The molecule has 1 atom stereocenters. The predicted octanol–water partition coefficient (Wildman–Crippen LogP) is 2.97. The Kier molecular flexibility index (Phi) is 6.03. The molecular formula is C14H16F4N2O3. The largest absolute Gasteiger partial charge is 0.435 e. The Morgan fingerprint density at radius 2 is 2.00 bits per heavy atom. The van der Waals surface area contributed by atoms with Gasteiger partial charge in [0.15, 0.2) is 5.75 Å². The number of anilines is 1. The molecule has 1 fully saturated rings. The Labute approximate surface area is 129 Å². The van der Waals surface area contributed by atoms with E-state index in [9.17, 15) is 22.4 Å². The highest BCUT2D eigenvalue weighted by molar-refractivity contribution is 5.92. The molecule has 0 aromatic heterocycles. The van der Waals surface area contributed by atoms with Gasteiger partial charge in [-0.3, -0.25) is 4.79 Å². The average molecular weight is 336 g/mol. The van der Waals surface area contributed by atoms with Crippen LogP contribution in [0.3, 0.4) is 0 Å². The van der Waals surface area contributed by atoms with Gasteiger partial charge in [-0.2, -0.15) is 17.6 Å². The van der Waals surface area contributed by atoms with Crippen LogP contribution < -0.4 is 20.1 Å². The zero-order valence-electron chi connectivity index (χ0n) is 12.0. The molecule has 1 aliphatic heterocycles. The van der Waals surface area contributed by atoms with Gasteiger partial charge in [-0.15, -0.1) is 0 Å². The molecule has 1 saturated heterocycles. The predicted molar refractivity (Wildman–Crippen MR) is 74.0 cm³/mol. The lowest BCUT2D eigenvalue weighted by molar-refractivity contribution is -0.116. The van der Waals surface area contributed by atoms with Gasteiger partial charge in [-0.25, -0.2) is 0 Å². The van der Waals surface area contributed by atoms with E-state index < -0.39 is 19.0 Å². The molecule has 128 valence electrons. The van der Waals surface area contributed by atoms with Gasteiger partial charge in [-0.1, -0.05) is 0 Å². The molecule has 5 nitrogen and oxygen atoms in total. The fraction of sp³-hybridized carbons (Fsp3) is 0.500. The third-order valence-electron chi connectivity index (χ3n) is 3.26. The molecule has 1 heterocycles. The smallest absolute Gasteiger partial charge is 0.387 e. The topological polar surface area (TPSA) is 59.6 Å². The number of hydrogen-bond donors (Lipinski definition) is 2. The summed E-state index contributed by atoms with van der Waals surface area (Å²) in [5.74, 6) is -1.16. The highest BCUT2D eigenvalue weighted by atomic mass is 19.3. The number of ether oxygens (including phenoxy) is 2. The summed E-state index contributed by atoms with van der Waals surface area (Å²) in [6.07, 6.45) is 2.01. The molecule has 1 amide bonds. The average Bonchev–Trinajstić information content (AvgIpc) is 2.93. The molecule has 1 unspecified atom stereocenters. The van der Waals surface area contributed by atoms with E-state index in [2.05, 4.69) is 20.1 Å². The maximum atomic E-state index is 12.4. The van der Waals surface area contributed by atoms with Crippen LogP contribution in [0.1, 0.15) is 19.3 Å². The maximum absolute atomic E-state index is 12.4. The van der Waals surface area contributed by atoms with Crippen LogP contribution in [0, 0.1) is 0 Å². The summed E-state index contributed by atoms with van der Waals surface area (Å²) >= 11 is 0. The molecule has 0 saturated carbocycles. The fourth-order valence-electron chi connectivity index (χ4n) is 2.33. The first kappa shape index (κ1) is 17.3. The minimum Gasteiger partial charge on any atom is -0.435 e. The van der Waals surface area contributed by atoms with Crippen molar-refractivity contribution >= 4 is 11.6 Å². The minimum absolute atomic E-state index is 0.0325. The standard InChI is InChI=1S/C14H16F4N2O3/c15-13(16)22-9-3-4-10(11(7-9)23-14(17)18)20-12(21)6-8-2-1-5-19-8/h3-4,7-8,13-14,19H,1-2,5-6H2,(H,20,21). The van der Waals surface area contributed by atoms with Gasteiger partial charge in [0.05, 0.1) is 5.69 Å². The van der Waals surface area contributed by atoms with Crippen molar-refractivity contribution in [3.63, 3.8) is 0 Å². The van der Waals surface area contributed by atoms with E-state index in [-0.39, 0.29) is 29.8 Å². The summed E-state index contributed by atoms with van der Waals surface area (Å²) in [6.45, 7) is -5.43. The van der Waals surface area contributed by atoms with Crippen LogP contribution in [0.25, 0.3) is 0 Å². The summed E-state index contributed by atoms with van der Waals surface area (Å²) in [5.41, 5.74) is -0.0325. The minimum atomic E-state index is -3.16. The van der Waals surface area contributed by atoms with Gasteiger partial charge in [0.1, 0.15) is 5.75 Å². The van der Waals surface area contributed by atoms with Gasteiger partial charge in [0.25, 0.3) is 0 Å². The second kappa shape index (κ2) is 8.00. The third kappa shape index (κ3) is 5.59. The van der Waals surface area contributed by atoms with Crippen molar-refractivity contribution < 1.29 is 31.8 Å². The monoisotopic (exact) mass is 336 g/mol. The van der Waals surface area contributed by atoms with Crippen LogP contribution in [-0.4, -0.2) is 31.7 Å². The summed E-state index contributed by atoms with van der Waals surface area (Å²) < 4.78 is 57.6. The second-order valence-electron chi connectivity index (χ2n) is 4.96. The summed E-state index contributed by atoms with van der Waals surface area (Å²) in [7, 11) is 0. The van der Waals surface area contributed by atoms with Crippen molar-refractivity contribution in [3.8, 4) is 11.5 Å². The molecule has 1 aromatic rings. The van der Waals surface area contributed by atoms with Crippen molar-refractivity contribution in [2.75, 3.05) is 11.9 Å². The quantitative estimate of drug-likeness (QED) is 0.752. The molecule has 1 aromatic carbocycles. The fourth-order valence-corrected chi connectivity index (χ4v) is 2.33. The number of benzene rings is 1. The van der Waals surface area contributed by atoms with E-state index in [1.165, 1.54) is 6.07 Å². The van der Waals surface area contributed by atoms with Gasteiger partial charge < -0.3 is 20.1 Å². The first-order valence-corrected chi connectivity index (χ1v) is 7.01. The Bertz CT molecular complexity index is 537. The number of hydrogen-bond acceptors (Lipinski definition) is 4. The Morgan fingerprint density at radius 3 is 2.61 bits per heavy atom. The van der Waals surface area contributed by atoms with Crippen molar-refractivity contribution in [2.24, 2.45) is 0 Å². The van der Waals surface area contributed by atoms with E-state index >= 15 is 0 Å². The number of halogens is 4. The molecule has 0 aliphatic carbocycles. The van der Waals surface area contributed by atoms with Crippen LogP contribution in [0.2, 0.25) is 0 Å². The SMILES string of the molecule is O=C(CC1CCCN1)Nc1ccc(OC(F)F)cc1OC(F)F. The van der Waals surface area contributed by atoms with Crippen molar-refractivity contribution in [1.82, 2.24) is 5.32 Å². The Morgan fingerprint density at radius 1 is 1.26 bits per heavy atom. The van der Waals surface area contributed by atoms with Crippen molar-refractivity contribution in [1.29, 1.82) is 0 Å². The lowest BCUT2D eigenvalue weighted by Crippen LogP contribution is -2.27. The molecule has 0 spiro atoms. The van der Waals surface area contributed by atoms with Gasteiger partial charge >= 0.3 is 13.2 Å². The normalized spacial score (nSPS) is 17.6. The van der Waals surface area contributed by atoms with Crippen molar-refractivity contribution in [3.05, 3.63) is 18.2 Å². The summed E-state index contributed by atoms with van der Waals surface area (Å²) in [5, 5.41) is 5.58. The Hall–Kier alpha value is -2.03. The second-order valence-corrected chi connectivity index (χ2v) is 4.96. The third-order valence-corrected chi connectivity index (χ3v) is 3.26. The molecule has 23 heavy (non-hydrogen) atoms. The van der Waals surface area contributed by atoms with E-state index in [0.29, 0.717) is 0 Å². The van der Waals surface area contributed by atoms with E-state index in [1.54, 1.807) is 0 Å². The molecule has 9 heteroatoms. The highest BCUT2D eigenvalue weighted by Gasteiger charge is 2.20. The van der Waals surface area contributed by atoms with Crippen molar-refractivity contribution in [2.45, 2.75) is 38.5 Å². The first-order chi connectivity index (χ1) is 10.9. The van der Waals surface area contributed by atoms with Crippen LogP contribution in [0.15, 0.2) is 18.2 Å². The zero-order chi connectivity index (χ0) is 16.8. The van der Waals surface area contributed by atoms with Crippen LogP contribution in [0.4, 0.5) is 23.2 Å². The number of amides is 1. The molecule has 0 radical (unpaired) electrons. The number of alkyl halides is 4. The summed E-state index contributed by atoms with van der Waals surface area (Å²) in [6, 6.07) is 3.22. The highest BCUT2D eigenvalue weighted by Crippen LogP contribution is 2.31. The van der Waals surface area contributed by atoms with Crippen LogP contribution in [-0.2, 0) is 4.79 Å². The zero-order valence-corrected chi connectivity index (χ0v) is 12.0. The number of carbonyl (C=O) groups excluding carboxylic acids is 1. The summed E-state index contributed by atoms with van der Waals surface area (Å²) in [4.78, 5) is 11.9. The van der Waals surface area contributed by atoms with Gasteiger partial charge in [-0.05, 0) is 31.5 Å². The van der Waals surface area contributed by atoms with Crippen LogP contribution >= 0.6 is 0 Å². The number of nitrogens with one attached hydrogen (secondary N) is 2. The molecular weight excluding hydrogens is 320 g/mol. The number of carbonyl (C=O) groups is 1.